The van der Waals surface area contributed by atoms with Crippen LogP contribution in [0.3, 0.4) is 0 Å². The van der Waals surface area contributed by atoms with Gasteiger partial charge in [-0.25, -0.2) is 8.42 Å². The predicted molar refractivity (Wildman–Crippen MR) is 52.2 cm³/mol. The normalized spacial score (nSPS) is 13.1. The molecule has 0 spiro atoms. The monoisotopic (exact) mass is 245 g/mol. The van der Waals surface area contributed by atoms with E-state index in [1.165, 1.54) is 13.0 Å². The molecule has 0 N–H and O–H groups in total. The lowest BCUT2D eigenvalue weighted by Crippen LogP contribution is -2.00. The van der Waals surface area contributed by atoms with Crippen molar-refractivity contribution in [1.29, 1.82) is 0 Å². The zero-order valence-corrected chi connectivity index (χ0v) is 9.20. The third kappa shape index (κ3) is 1.38. The second-order valence-corrected chi connectivity index (χ2v) is 5.35. The molecule has 0 amide bonds. The molecule has 16 heavy (non-hydrogen) atoms. The van der Waals surface area contributed by atoms with E-state index in [1.807, 2.05) is 0 Å². The first-order valence-electron chi connectivity index (χ1n) is 4.19. The molecule has 2 bridgehead atoms. The van der Waals surface area contributed by atoms with Gasteiger partial charge in [0.25, 0.3) is 5.75 Å². The Kier molecular flexibility index (Phi) is 2.06. The maximum atomic E-state index is 11.4. The molecule has 2 rings (SSSR count). The van der Waals surface area contributed by atoms with E-state index in [0.717, 1.165) is 6.26 Å². The van der Waals surface area contributed by atoms with Crippen LogP contribution in [0.4, 0.5) is 5.69 Å². The van der Waals surface area contributed by atoms with Crippen molar-refractivity contribution in [1.82, 2.24) is 0 Å². The van der Waals surface area contributed by atoms with Gasteiger partial charge in [-0.15, -0.1) is 0 Å². The van der Waals surface area contributed by atoms with E-state index in [0.29, 0.717) is 5.56 Å². The van der Waals surface area contributed by atoms with E-state index in [-0.39, 0.29) is 22.1 Å². The highest BCUT2D eigenvalue weighted by atomic mass is 32.2. The Bertz CT molecular complexity index is 591. The molecule has 1 heterocycles. The van der Waals surface area contributed by atoms with Crippen molar-refractivity contribution < 1.29 is 23.1 Å². The highest BCUT2D eigenvalue weighted by Crippen LogP contribution is 2.47. The van der Waals surface area contributed by atoms with Crippen LogP contribution in [0.15, 0.2) is 11.0 Å². The summed E-state index contributed by atoms with van der Waals surface area (Å²) >= 11 is 0. The van der Waals surface area contributed by atoms with Crippen molar-refractivity contribution in [3.05, 3.63) is 21.7 Å². The van der Waals surface area contributed by atoms with Gasteiger partial charge in [0, 0.05) is 11.8 Å². The molecule has 0 aliphatic carbocycles. The molecule has 0 atom stereocenters. The van der Waals surface area contributed by atoms with Gasteiger partial charge >= 0.3 is 5.69 Å². The van der Waals surface area contributed by atoms with E-state index in [4.69, 9.17) is 0 Å². The van der Waals surface area contributed by atoms with Crippen molar-refractivity contribution >= 4 is 15.5 Å². The SMILES string of the molecule is Cc1cc2c(S(C)(=O)=O)c(c1[N+](=O)[O-])OO2. The minimum Gasteiger partial charge on any atom is -0.288 e. The molecule has 1 aliphatic heterocycles. The maximum Gasteiger partial charge on any atom is 0.320 e. The highest BCUT2D eigenvalue weighted by molar-refractivity contribution is 7.91. The van der Waals surface area contributed by atoms with Gasteiger partial charge in [0.05, 0.1) is 4.92 Å². The summed E-state index contributed by atoms with van der Waals surface area (Å²) in [5, 5.41) is 10.8. The number of sulfone groups is 1. The Hall–Kier alpha value is -1.83. The molecule has 86 valence electrons. The molecular formula is C8H7NO6S. The number of aryl methyl sites for hydroxylation is 1. The van der Waals surface area contributed by atoms with Gasteiger partial charge in [0.1, 0.15) is 0 Å². The Labute approximate surface area is 90.6 Å². The molecule has 0 radical (unpaired) electrons. The van der Waals surface area contributed by atoms with Crippen LogP contribution in [0.2, 0.25) is 0 Å². The fourth-order valence-corrected chi connectivity index (χ4v) is 2.46. The number of fused-ring (bicyclic) bond motifs is 2. The largest absolute Gasteiger partial charge is 0.320 e. The highest BCUT2D eigenvalue weighted by Gasteiger charge is 2.38. The van der Waals surface area contributed by atoms with Crippen LogP contribution in [0.25, 0.3) is 0 Å². The molecule has 1 aromatic carbocycles. The standard InChI is InChI=1S/C8H7NO6S/c1-4-3-5-8(16(2,12)13)7(15-14-5)6(4)9(10)11/h3H,1-2H3. The third-order valence-electron chi connectivity index (χ3n) is 2.13. The summed E-state index contributed by atoms with van der Waals surface area (Å²) in [4.78, 5) is 19.0. The molecule has 0 saturated heterocycles. The van der Waals surface area contributed by atoms with Gasteiger partial charge in [-0.2, -0.15) is 0 Å². The quantitative estimate of drug-likeness (QED) is 0.438. The Balaban J connectivity index is 2.86. The Morgan fingerprint density at radius 3 is 2.50 bits per heavy atom. The van der Waals surface area contributed by atoms with Crippen molar-refractivity contribution in [3.8, 4) is 11.5 Å². The summed E-state index contributed by atoms with van der Waals surface area (Å²) in [6.45, 7) is 1.48. The maximum absolute atomic E-state index is 11.4. The van der Waals surface area contributed by atoms with Crippen molar-refractivity contribution in [2.75, 3.05) is 6.26 Å². The van der Waals surface area contributed by atoms with Gasteiger partial charge in [-0.1, -0.05) is 0 Å². The number of nitro groups is 1. The van der Waals surface area contributed by atoms with Crippen LogP contribution in [-0.4, -0.2) is 19.6 Å². The second-order valence-electron chi connectivity index (χ2n) is 3.39. The molecule has 7 nitrogen and oxygen atoms in total. The summed E-state index contributed by atoms with van der Waals surface area (Å²) in [7, 11) is -3.63. The first-order chi connectivity index (χ1) is 7.32. The summed E-state index contributed by atoms with van der Waals surface area (Å²) in [6.07, 6.45) is 0.937. The fourth-order valence-electron chi connectivity index (χ4n) is 1.53. The van der Waals surface area contributed by atoms with Gasteiger partial charge in [0.15, 0.2) is 14.7 Å². The summed E-state index contributed by atoms with van der Waals surface area (Å²) < 4.78 is 22.8. The molecule has 1 aliphatic rings. The first-order valence-corrected chi connectivity index (χ1v) is 6.08. The minimum absolute atomic E-state index is 0.0133. The minimum atomic E-state index is -3.63. The van der Waals surface area contributed by atoms with E-state index in [2.05, 4.69) is 9.78 Å². The molecule has 1 aromatic rings. The fraction of sp³-hybridized carbons (Fsp3) is 0.250. The number of hydrogen-bond acceptors (Lipinski definition) is 6. The van der Waals surface area contributed by atoms with E-state index < -0.39 is 14.8 Å². The van der Waals surface area contributed by atoms with Crippen molar-refractivity contribution in [2.45, 2.75) is 11.8 Å². The Morgan fingerprint density at radius 1 is 1.38 bits per heavy atom. The van der Waals surface area contributed by atoms with E-state index >= 15 is 0 Å². The number of benzene rings is 1. The number of rotatable bonds is 2. The third-order valence-corrected chi connectivity index (χ3v) is 3.26. The molecule has 0 saturated carbocycles. The van der Waals surface area contributed by atoms with Crippen LogP contribution in [-0.2, 0) is 9.84 Å². The summed E-state index contributed by atoms with van der Waals surface area (Å²) in [5.41, 5.74) is -0.0958. The smallest absolute Gasteiger partial charge is 0.288 e. The molecule has 8 heteroatoms. The lowest BCUT2D eigenvalue weighted by Gasteiger charge is -1.99. The topological polar surface area (TPSA) is 95.7 Å². The van der Waals surface area contributed by atoms with Gasteiger partial charge in [0.2, 0.25) is 5.75 Å². The lowest BCUT2D eigenvalue weighted by atomic mass is 10.2. The zero-order chi connectivity index (χ0) is 12.1. The molecule has 0 aromatic heterocycles. The molecule has 0 fully saturated rings. The Morgan fingerprint density at radius 2 is 2.00 bits per heavy atom. The number of nitrogens with zero attached hydrogens (tertiary/aromatic N) is 1. The van der Waals surface area contributed by atoms with Gasteiger partial charge in [-0.3, -0.25) is 19.9 Å². The van der Waals surface area contributed by atoms with E-state index in [1.54, 1.807) is 0 Å². The number of nitro benzene ring substituents is 1. The first kappa shape index (κ1) is 10.7. The van der Waals surface area contributed by atoms with Crippen LogP contribution in [0.5, 0.6) is 11.5 Å². The lowest BCUT2D eigenvalue weighted by molar-refractivity contribution is -0.387. The van der Waals surface area contributed by atoms with Crippen molar-refractivity contribution in [2.24, 2.45) is 0 Å². The van der Waals surface area contributed by atoms with Gasteiger partial charge < -0.3 is 0 Å². The average Bonchev–Trinajstić information content (AvgIpc) is 2.40. The van der Waals surface area contributed by atoms with E-state index in [9.17, 15) is 18.5 Å². The van der Waals surface area contributed by atoms with Crippen LogP contribution >= 0.6 is 0 Å². The molecule has 0 unspecified atom stereocenters. The van der Waals surface area contributed by atoms with Crippen LogP contribution in [0, 0.1) is 17.0 Å². The van der Waals surface area contributed by atoms with Crippen LogP contribution in [0.1, 0.15) is 5.56 Å². The average molecular weight is 245 g/mol. The molecular weight excluding hydrogens is 238 g/mol. The van der Waals surface area contributed by atoms with Gasteiger partial charge in [-0.05, 0) is 13.0 Å². The zero-order valence-electron chi connectivity index (χ0n) is 8.38. The predicted octanol–water partition coefficient (Wildman–Crippen LogP) is 0.993. The van der Waals surface area contributed by atoms with Crippen LogP contribution < -0.4 is 9.78 Å². The number of hydrogen-bond donors (Lipinski definition) is 0. The second kappa shape index (κ2) is 3.08. The van der Waals surface area contributed by atoms with Crippen molar-refractivity contribution in [3.63, 3.8) is 0 Å². The summed E-state index contributed by atoms with van der Waals surface area (Å²) in [5.74, 6) is -0.358. The summed E-state index contributed by atoms with van der Waals surface area (Å²) in [6, 6.07) is 1.27.